The van der Waals surface area contributed by atoms with Crippen LogP contribution in [0.3, 0.4) is 0 Å². The molecule has 4 nitrogen and oxygen atoms in total. The van der Waals surface area contributed by atoms with E-state index in [0.717, 1.165) is 12.8 Å². The molecule has 1 fully saturated rings. The molecule has 1 amide bonds. The van der Waals surface area contributed by atoms with Gasteiger partial charge in [-0.2, -0.15) is 0 Å². The maximum absolute atomic E-state index is 12.2. The third kappa shape index (κ3) is 3.18. The van der Waals surface area contributed by atoms with E-state index < -0.39 is 0 Å². The minimum atomic E-state index is -0.129. The van der Waals surface area contributed by atoms with Crippen LogP contribution < -0.4 is 10.1 Å². The van der Waals surface area contributed by atoms with Gasteiger partial charge in [0.15, 0.2) is 0 Å². The summed E-state index contributed by atoms with van der Waals surface area (Å²) in [7, 11) is 1.53. The van der Waals surface area contributed by atoms with E-state index in [1.165, 1.54) is 20.0 Å². The molecule has 0 atom stereocenters. The predicted molar refractivity (Wildman–Crippen MR) is 74.7 cm³/mol. The summed E-state index contributed by atoms with van der Waals surface area (Å²) in [4.78, 5) is 16.1. The maximum Gasteiger partial charge on any atom is 0.255 e. The number of nitrogens with one attached hydrogen (secondary N) is 1. The molecule has 104 valence electrons. The highest BCUT2D eigenvalue weighted by Gasteiger charge is 2.33. The zero-order chi connectivity index (χ0) is 13.7. The molecule has 0 aliphatic heterocycles. The first-order valence-electron chi connectivity index (χ1n) is 6.53. The van der Waals surface area contributed by atoms with Gasteiger partial charge in [-0.1, -0.05) is 12.8 Å². The molecule has 0 saturated heterocycles. The number of methoxy groups -OCH3 is 1. The van der Waals surface area contributed by atoms with Crippen molar-refractivity contribution in [2.45, 2.75) is 25.7 Å². The van der Waals surface area contributed by atoms with Gasteiger partial charge < -0.3 is 10.1 Å². The molecule has 1 heterocycles. The number of ether oxygens (including phenoxy) is 1. The van der Waals surface area contributed by atoms with E-state index in [0.29, 0.717) is 23.7 Å². The molecule has 2 rings (SSSR count). The van der Waals surface area contributed by atoms with Gasteiger partial charge in [-0.05, 0) is 18.9 Å². The van der Waals surface area contributed by atoms with Crippen LogP contribution in [0.2, 0.25) is 0 Å². The summed E-state index contributed by atoms with van der Waals surface area (Å²) in [6.07, 6.45) is 7.70. The number of aromatic nitrogens is 1. The number of nitrogens with zero attached hydrogens (tertiary/aromatic N) is 1. The minimum absolute atomic E-state index is 0.0669. The largest absolute Gasteiger partial charge is 0.494 e. The molecular formula is C14H19ClN2O2. The molecule has 1 aromatic rings. The zero-order valence-corrected chi connectivity index (χ0v) is 11.9. The van der Waals surface area contributed by atoms with Crippen LogP contribution in [-0.2, 0) is 0 Å². The second-order valence-electron chi connectivity index (χ2n) is 5.10. The van der Waals surface area contributed by atoms with Gasteiger partial charge in [0.05, 0.1) is 18.9 Å². The Morgan fingerprint density at radius 1 is 1.53 bits per heavy atom. The van der Waals surface area contributed by atoms with Crippen LogP contribution in [0.1, 0.15) is 36.0 Å². The summed E-state index contributed by atoms with van der Waals surface area (Å²) in [5, 5.41) is 2.98. The van der Waals surface area contributed by atoms with Crippen molar-refractivity contribution < 1.29 is 9.53 Å². The van der Waals surface area contributed by atoms with Crippen LogP contribution in [0.4, 0.5) is 0 Å². The molecule has 0 aromatic carbocycles. The van der Waals surface area contributed by atoms with Crippen molar-refractivity contribution in [2.24, 2.45) is 5.41 Å². The Kier molecular flexibility index (Phi) is 4.64. The number of amides is 1. The Morgan fingerprint density at radius 2 is 2.26 bits per heavy atom. The van der Waals surface area contributed by atoms with Crippen LogP contribution in [-0.4, -0.2) is 30.4 Å². The van der Waals surface area contributed by atoms with Gasteiger partial charge in [0.1, 0.15) is 5.75 Å². The van der Waals surface area contributed by atoms with Gasteiger partial charge in [0.25, 0.3) is 5.91 Å². The van der Waals surface area contributed by atoms with Crippen LogP contribution >= 0.6 is 11.6 Å². The molecule has 1 saturated carbocycles. The topological polar surface area (TPSA) is 51.2 Å². The minimum Gasteiger partial charge on any atom is -0.494 e. The number of hydrogen-bond donors (Lipinski definition) is 1. The van der Waals surface area contributed by atoms with Crippen molar-refractivity contribution in [3.05, 3.63) is 24.0 Å². The lowest BCUT2D eigenvalue weighted by Gasteiger charge is -2.26. The molecule has 0 bridgehead atoms. The third-order valence-electron chi connectivity index (χ3n) is 3.82. The molecule has 1 aliphatic carbocycles. The Bertz CT molecular complexity index is 445. The summed E-state index contributed by atoms with van der Waals surface area (Å²) in [6, 6.07) is 1.66. The van der Waals surface area contributed by atoms with Crippen LogP contribution in [0.25, 0.3) is 0 Å². The molecular weight excluding hydrogens is 264 g/mol. The summed E-state index contributed by atoms with van der Waals surface area (Å²) < 4.78 is 5.14. The van der Waals surface area contributed by atoms with Gasteiger partial charge in [0.2, 0.25) is 0 Å². The molecule has 0 spiro atoms. The van der Waals surface area contributed by atoms with Crippen molar-refractivity contribution >= 4 is 17.5 Å². The molecule has 1 aliphatic rings. The highest BCUT2D eigenvalue weighted by Crippen LogP contribution is 2.38. The van der Waals surface area contributed by atoms with Crippen molar-refractivity contribution in [1.29, 1.82) is 0 Å². The highest BCUT2D eigenvalue weighted by molar-refractivity contribution is 6.18. The quantitative estimate of drug-likeness (QED) is 0.845. The maximum atomic E-state index is 12.2. The summed E-state index contributed by atoms with van der Waals surface area (Å²) in [6.45, 7) is 0.626. The van der Waals surface area contributed by atoms with Crippen LogP contribution in [0, 0.1) is 5.41 Å². The molecule has 0 radical (unpaired) electrons. The standard InChI is InChI=1S/C14H19ClN2O2/c1-19-12-8-16-7-4-11(12)13(18)17-10-14(9-15)5-2-3-6-14/h4,7-8H,2-3,5-6,9-10H2,1H3,(H,17,18). The Labute approximate surface area is 118 Å². The lowest BCUT2D eigenvalue weighted by atomic mass is 9.88. The van der Waals surface area contributed by atoms with Crippen LogP contribution in [0.5, 0.6) is 5.75 Å². The number of alkyl halides is 1. The Morgan fingerprint density at radius 3 is 2.89 bits per heavy atom. The van der Waals surface area contributed by atoms with E-state index in [-0.39, 0.29) is 11.3 Å². The molecule has 0 unspecified atom stereocenters. The third-order valence-corrected chi connectivity index (χ3v) is 4.39. The van der Waals surface area contributed by atoms with Crippen LogP contribution in [0.15, 0.2) is 18.5 Å². The number of pyridine rings is 1. The average molecular weight is 283 g/mol. The monoisotopic (exact) mass is 282 g/mol. The van der Waals surface area contributed by atoms with Crippen molar-refractivity contribution in [1.82, 2.24) is 10.3 Å². The first kappa shape index (κ1) is 14.1. The summed E-state index contributed by atoms with van der Waals surface area (Å²) in [5.74, 6) is 0.961. The number of carbonyl (C=O) groups excluding carboxylic acids is 1. The molecule has 19 heavy (non-hydrogen) atoms. The van der Waals surface area contributed by atoms with Gasteiger partial charge in [0, 0.05) is 24.0 Å². The summed E-state index contributed by atoms with van der Waals surface area (Å²) in [5.41, 5.74) is 0.581. The summed E-state index contributed by atoms with van der Waals surface area (Å²) >= 11 is 6.07. The number of hydrogen-bond acceptors (Lipinski definition) is 3. The Hall–Kier alpha value is -1.29. The van der Waals surface area contributed by atoms with Gasteiger partial charge in [-0.25, -0.2) is 0 Å². The lowest BCUT2D eigenvalue weighted by Crippen LogP contribution is -2.37. The Balaban J connectivity index is 2.01. The number of halogens is 1. The fourth-order valence-electron chi connectivity index (χ4n) is 2.58. The highest BCUT2D eigenvalue weighted by atomic mass is 35.5. The molecule has 5 heteroatoms. The van der Waals surface area contributed by atoms with E-state index >= 15 is 0 Å². The van der Waals surface area contributed by atoms with Gasteiger partial charge in [-0.15, -0.1) is 11.6 Å². The lowest BCUT2D eigenvalue weighted by molar-refractivity contribution is 0.0932. The smallest absolute Gasteiger partial charge is 0.255 e. The number of rotatable bonds is 5. The fourth-order valence-corrected chi connectivity index (χ4v) is 2.94. The predicted octanol–water partition coefficient (Wildman–Crippen LogP) is 2.62. The average Bonchev–Trinajstić information content (AvgIpc) is 2.94. The van der Waals surface area contributed by atoms with Gasteiger partial charge >= 0.3 is 0 Å². The molecule has 1 aromatic heterocycles. The second kappa shape index (κ2) is 6.24. The normalized spacial score (nSPS) is 17.2. The first-order valence-corrected chi connectivity index (χ1v) is 7.06. The van der Waals surface area contributed by atoms with E-state index in [2.05, 4.69) is 10.3 Å². The van der Waals surface area contributed by atoms with E-state index in [1.54, 1.807) is 18.5 Å². The van der Waals surface area contributed by atoms with E-state index in [9.17, 15) is 4.79 Å². The SMILES string of the molecule is COc1cnccc1C(=O)NCC1(CCl)CCCC1. The van der Waals surface area contributed by atoms with E-state index in [1.807, 2.05) is 0 Å². The van der Waals surface area contributed by atoms with Gasteiger partial charge in [-0.3, -0.25) is 9.78 Å². The van der Waals surface area contributed by atoms with E-state index in [4.69, 9.17) is 16.3 Å². The van der Waals surface area contributed by atoms with Crippen molar-refractivity contribution in [3.63, 3.8) is 0 Å². The molecule has 1 N–H and O–H groups in total. The van der Waals surface area contributed by atoms with Crippen molar-refractivity contribution in [2.75, 3.05) is 19.5 Å². The second-order valence-corrected chi connectivity index (χ2v) is 5.37. The number of carbonyl (C=O) groups is 1. The first-order chi connectivity index (χ1) is 9.21. The fraction of sp³-hybridized carbons (Fsp3) is 0.571. The zero-order valence-electron chi connectivity index (χ0n) is 11.1. The van der Waals surface area contributed by atoms with Crippen molar-refractivity contribution in [3.8, 4) is 5.75 Å².